The van der Waals surface area contributed by atoms with Crippen LogP contribution >= 0.6 is 11.8 Å². The largest absolute Gasteiger partial charge is 0.430 e. The van der Waals surface area contributed by atoms with E-state index in [1.807, 2.05) is 6.07 Å². The molecule has 7 heteroatoms. The fourth-order valence-corrected chi connectivity index (χ4v) is 4.27. The number of oxazole rings is 1. The maximum absolute atomic E-state index is 12.3. The number of hydrogen-bond donors (Lipinski definition) is 2. The van der Waals surface area contributed by atoms with Crippen molar-refractivity contribution in [1.82, 2.24) is 20.6 Å². The maximum Gasteiger partial charge on any atom is 0.258 e. The third kappa shape index (κ3) is 4.27. The number of fused-ring (bicyclic) bond motifs is 1. The van der Waals surface area contributed by atoms with Gasteiger partial charge in [-0.2, -0.15) is 4.98 Å². The van der Waals surface area contributed by atoms with E-state index < -0.39 is 0 Å². The molecule has 1 amide bonds. The smallest absolute Gasteiger partial charge is 0.258 e. The average molecular weight is 348 g/mol. The minimum absolute atomic E-state index is 0.00807. The number of aromatic nitrogens is 2. The van der Waals surface area contributed by atoms with Crippen molar-refractivity contribution in [2.45, 2.75) is 62.9 Å². The van der Waals surface area contributed by atoms with Crippen molar-refractivity contribution < 1.29 is 9.21 Å². The second-order valence-corrected chi connectivity index (χ2v) is 8.59. The van der Waals surface area contributed by atoms with Crippen LogP contribution in [-0.2, 0) is 4.79 Å². The van der Waals surface area contributed by atoms with E-state index in [0.717, 1.165) is 12.8 Å². The summed E-state index contributed by atoms with van der Waals surface area (Å²) in [5.74, 6) is 0.297. The van der Waals surface area contributed by atoms with Gasteiger partial charge in [0.1, 0.15) is 0 Å². The molecule has 2 aromatic rings. The molecule has 2 N–H and O–H groups in total. The van der Waals surface area contributed by atoms with Crippen LogP contribution in [0.4, 0.5) is 0 Å². The van der Waals surface area contributed by atoms with E-state index in [4.69, 9.17) is 4.42 Å². The number of thioether (sulfide) groups is 1. The van der Waals surface area contributed by atoms with E-state index in [-0.39, 0.29) is 28.8 Å². The number of piperidine rings is 1. The first-order valence-corrected chi connectivity index (χ1v) is 9.14. The van der Waals surface area contributed by atoms with Gasteiger partial charge in [0.2, 0.25) is 5.91 Å². The van der Waals surface area contributed by atoms with Gasteiger partial charge < -0.3 is 15.1 Å². The maximum atomic E-state index is 12.3. The lowest BCUT2D eigenvalue weighted by Crippen LogP contribution is -2.62. The summed E-state index contributed by atoms with van der Waals surface area (Å²) in [5.41, 5.74) is 1.24. The molecule has 0 saturated carbocycles. The van der Waals surface area contributed by atoms with Crippen LogP contribution < -0.4 is 10.6 Å². The lowest BCUT2D eigenvalue weighted by molar-refractivity contribution is -0.119. The highest BCUT2D eigenvalue weighted by Gasteiger charge is 2.38. The minimum Gasteiger partial charge on any atom is -0.430 e. The number of nitrogens with one attached hydrogen (secondary N) is 2. The van der Waals surface area contributed by atoms with Crippen LogP contribution in [0.3, 0.4) is 0 Å². The first kappa shape index (κ1) is 17.2. The number of pyridine rings is 1. The third-order valence-electron chi connectivity index (χ3n) is 4.03. The normalized spacial score (nSPS) is 20.2. The fraction of sp³-hybridized carbons (Fsp3) is 0.588. The first-order chi connectivity index (χ1) is 11.2. The molecule has 0 atom stereocenters. The quantitative estimate of drug-likeness (QED) is 0.827. The molecule has 0 spiro atoms. The lowest BCUT2D eigenvalue weighted by atomic mass is 9.79. The highest BCUT2D eigenvalue weighted by Crippen LogP contribution is 2.28. The van der Waals surface area contributed by atoms with E-state index in [0.29, 0.717) is 16.5 Å². The van der Waals surface area contributed by atoms with Crippen molar-refractivity contribution in [1.29, 1.82) is 0 Å². The molecule has 6 nitrogen and oxygen atoms in total. The standard InChI is InChI=1S/C17H24N4O2S/c1-16(2)8-11(9-17(3,4)21-16)19-13(22)10-24-15-20-14-12(23-15)6-5-7-18-14/h5-7,11,21H,8-10H2,1-4H3,(H,19,22). The zero-order valence-corrected chi connectivity index (χ0v) is 15.4. The summed E-state index contributed by atoms with van der Waals surface area (Å²) in [5, 5.41) is 7.25. The molecule has 0 aliphatic carbocycles. The van der Waals surface area contributed by atoms with Crippen LogP contribution in [0.1, 0.15) is 40.5 Å². The number of hydrogen-bond acceptors (Lipinski definition) is 6. The molecule has 0 aromatic carbocycles. The van der Waals surface area contributed by atoms with Gasteiger partial charge in [0.15, 0.2) is 11.2 Å². The molecule has 130 valence electrons. The second kappa shape index (κ2) is 6.37. The Labute approximate surface area is 146 Å². The predicted octanol–water partition coefficient (Wildman–Crippen LogP) is 2.74. The molecule has 1 fully saturated rings. The lowest BCUT2D eigenvalue weighted by Gasteiger charge is -2.46. The third-order valence-corrected chi connectivity index (χ3v) is 4.86. The van der Waals surface area contributed by atoms with Gasteiger partial charge in [-0.15, -0.1) is 0 Å². The van der Waals surface area contributed by atoms with Crippen molar-refractivity contribution >= 4 is 28.9 Å². The molecule has 0 bridgehead atoms. The summed E-state index contributed by atoms with van der Waals surface area (Å²) in [6.45, 7) is 8.69. The SMILES string of the molecule is CC1(C)CC(NC(=O)CSc2nc3ncccc3o2)CC(C)(C)N1. The average Bonchev–Trinajstić information content (AvgIpc) is 2.84. The van der Waals surface area contributed by atoms with Crippen LogP contribution in [0.15, 0.2) is 28.0 Å². The van der Waals surface area contributed by atoms with Crippen LogP contribution in [0, 0.1) is 0 Å². The van der Waals surface area contributed by atoms with Gasteiger partial charge in [-0.1, -0.05) is 11.8 Å². The Kier molecular flexibility index (Phi) is 4.57. The highest BCUT2D eigenvalue weighted by atomic mass is 32.2. The molecule has 2 aromatic heterocycles. The summed E-state index contributed by atoms with van der Waals surface area (Å²) < 4.78 is 5.57. The number of nitrogens with zero attached hydrogens (tertiary/aromatic N) is 2. The number of carbonyl (C=O) groups is 1. The van der Waals surface area contributed by atoms with Gasteiger partial charge in [0.25, 0.3) is 5.22 Å². The second-order valence-electron chi connectivity index (χ2n) is 7.66. The molecule has 24 heavy (non-hydrogen) atoms. The van der Waals surface area contributed by atoms with Crippen molar-refractivity contribution in [3.05, 3.63) is 18.3 Å². The number of rotatable bonds is 4. The van der Waals surface area contributed by atoms with Gasteiger partial charge in [-0.25, -0.2) is 4.98 Å². The van der Waals surface area contributed by atoms with E-state index >= 15 is 0 Å². The Morgan fingerprint density at radius 1 is 1.38 bits per heavy atom. The van der Waals surface area contributed by atoms with Gasteiger partial charge in [-0.3, -0.25) is 4.79 Å². The molecular weight excluding hydrogens is 324 g/mol. The number of amides is 1. The van der Waals surface area contributed by atoms with Crippen molar-refractivity contribution in [2.24, 2.45) is 0 Å². The predicted molar refractivity (Wildman–Crippen MR) is 95.0 cm³/mol. The molecule has 1 aliphatic heterocycles. The Morgan fingerprint density at radius 2 is 2.08 bits per heavy atom. The van der Waals surface area contributed by atoms with Gasteiger partial charge in [-0.05, 0) is 52.7 Å². The summed E-state index contributed by atoms with van der Waals surface area (Å²) >= 11 is 1.30. The van der Waals surface area contributed by atoms with E-state index in [2.05, 4.69) is 48.3 Å². The summed E-state index contributed by atoms with van der Waals surface area (Å²) in [4.78, 5) is 20.7. The first-order valence-electron chi connectivity index (χ1n) is 8.16. The Bertz CT molecular complexity index is 692. The molecule has 0 unspecified atom stereocenters. The molecular formula is C17H24N4O2S. The summed E-state index contributed by atoms with van der Waals surface area (Å²) in [6, 6.07) is 3.79. The van der Waals surface area contributed by atoms with Gasteiger partial charge >= 0.3 is 0 Å². The molecule has 0 radical (unpaired) electrons. The Hall–Kier alpha value is -1.60. The minimum atomic E-state index is 0.00807. The molecule has 3 heterocycles. The van der Waals surface area contributed by atoms with Crippen molar-refractivity contribution in [2.75, 3.05) is 5.75 Å². The van der Waals surface area contributed by atoms with Crippen LogP contribution in [-0.4, -0.2) is 38.7 Å². The van der Waals surface area contributed by atoms with E-state index in [1.54, 1.807) is 12.3 Å². The zero-order chi connectivity index (χ0) is 17.4. The van der Waals surface area contributed by atoms with Crippen LogP contribution in [0.2, 0.25) is 0 Å². The van der Waals surface area contributed by atoms with Crippen molar-refractivity contribution in [3.63, 3.8) is 0 Å². The van der Waals surface area contributed by atoms with Crippen LogP contribution in [0.25, 0.3) is 11.2 Å². The zero-order valence-electron chi connectivity index (χ0n) is 14.5. The molecule has 1 aliphatic rings. The topological polar surface area (TPSA) is 80.1 Å². The highest BCUT2D eigenvalue weighted by molar-refractivity contribution is 7.99. The monoisotopic (exact) mass is 348 g/mol. The van der Waals surface area contributed by atoms with E-state index in [1.165, 1.54) is 11.8 Å². The summed E-state index contributed by atoms with van der Waals surface area (Å²) in [7, 11) is 0. The molecule has 3 rings (SSSR count). The van der Waals surface area contributed by atoms with E-state index in [9.17, 15) is 4.79 Å². The molecule has 1 saturated heterocycles. The Balaban J connectivity index is 1.55. The Morgan fingerprint density at radius 3 is 2.75 bits per heavy atom. The van der Waals surface area contributed by atoms with Crippen molar-refractivity contribution in [3.8, 4) is 0 Å². The van der Waals surface area contributed by atoms with Gasteiger partial charge in [0, 0.05) is 23.3 Å². The van der Waals surface area contributed by atoms with Gasteiger partial charge in [0.05, 0.1) is 5.75 Å². The number of carbonyl (C=O) groups excluding carboxylic acids is 1. The van der Waals surface area contributed by atoms with Crippen LogP contribution in [0.5, 0.6) is 0 Å². The fourth-order valence-electron chi connectivity index (χ4n) is 3.63. The summed E-state index contributed by atoms with van der Waals surface area (Å²) in [6.07, 6.45) is 3.51.